The summed E-state index contributed by atoms with van der Waals surface area (Å²) in [7, 11) is -3.10. The first kappa shape index (κ1) is 20.2. The number of sulfone groups is 1. The number of carbonyl (C=O) groups is 2. The molecule has 0 aliphatic carbocycles. The number of benzene rings is 1. The molecule has 1 aromatic rings. The number of thioether (sulfide) groups is 1. The zero-order valence-corrected chi connectivity index (χ0v) is 16.8. The molecule has 0 unspecified atom stereocenters. The fraction of sp³-hybridized carbons (Fsp3) is 0.471. The standard InChI is InChI=1S/C17H19ClN2O5S2/c18-12-6-4-11(5-7-12)8-20-13-9-27(24,25)10-14(13)26-17(20)19-15(21)2-1-3-16(22)23/h4-7,13-14H,1-3,8-10H2,(H,22,23)/t13-,14-/m1/s1. The number of rotatable bonds is 6. The van der Waals surface area contributed by atoms with Crippen LogP contribution in [0.1, 0.15) is 24.8 Å². The molecule has 10 heteroatoms. The van der Waals surface area contributed by atoms with Crippen LogP contribution in [0.5, 0.6) is 0 Å². The molecule has 2 saturated heterocycles. The maximum atomic E-state index is 12.1. The molecule has 7 nitrogen and oxygen atoms in total. The lowest BCUT2D eigenvalue weighted by atomic mass is 10.1. The van der Waals surface area contributed by atoms with E-state index in [4.69, 9.17) is 16.7 Å². The van der Waals surface area contributed by atoms with Crippen molar-refractivity contribution in [2.75, 3.05) is 11.5 Å². The van der Waals surface area contributed by atoms with Gasteiger partial charge < -0.3 is 10.0 Å². The van der Waals surface area contributed by atoms with E-state index < -0.39 is 15.8 Å². The Morgan fingerprint density at radius 3 is 2.59 bits per heavy atom. The molecule has 1 N–H and O–H groups in total. The van der Waals surface area contributed by atoms with Crippen molar-refractivity contribution in [3.05, 3.63) is 34.9 Å². The van der Waals surface area contributed by atoms with Crippen LogP contribution in [0.2, 0.25) is 5.02 Å². The number of carboxylic acids is 1. The zero-order valence-electron chi connectivity index (χ0n) is 14.4. The third-order valence-electron chi connectivity index (χ3n) is 4.44. The number of hydrogen-bond acceptors (Lipinski definition) is 5. The molecule has 2 aliphatic heterocycles. The van der Waals surface area contributed by atoms with Crippen LogP contribution in [0.25, 0.3) is 0 Å². The fourth-order valence-corrected chi connectivity index (χ4v) is 7.25. The van der Waals surface area contributed by atoms with Crippen LogP contribution in [0.15, 0.2) is 29.3 Å². The Morgan fingerprint density at radius 2 is 1.93 bits per heavy atom. The molecule has 0 radical (unpaired) electrons. The van der Waals surface area contributed by atoms with Gasteiger partial charge in [-0.1, -0.05) is 35.5 Å². The third-order valence-corrected chi connectivity index (χ3v) is 7.94. The topological polar surface area (TPSA) is 104 Å². The Balaban J connectivity index is 1.77. The molecule has 146 valence electrons. The zero-order chi connectivity index (χ0) is 19.6. The van der Waals surface area contributed by atoms with E-state index in [1.165, 1.54) is 11.8 Å². The van der Waals surface area contributed by atoms with Crippen LogP contribution in [0, 0.1) is 0 Å². The van der Waals surface area contributed by atoms with E-state index in [-0.39, 0.29) is 48.0 Å². The highest BCUT2D eigenvalue weighted by Crippen LogP contribution is 2.39. The average Bonchev–Trinajstić information content (AvgIpc) is 3.02. The molecule has 0 aromatic heterocycles. The number of amidine groups is 1. The molecule has 1 aromatic carbocycles. The second kappa shape index (κ2) is 8.20. The number of amides is 1. The molecule has 27 heavy (non-hydrogen) atoms. The van der Waals surface area contributed by atoms with Gasteiger partial charge in [-0.2, -0.15) is 4.99 Å². The van der Waals surface area contributed by atoms with Gasteiger partial charge in [0.2, 0.25) is 5.91 Å². The van der Waals surface area contributed by atoms with E-state index in [1.807, 2.05) is 17.0 Å². The van der Waals surface area contributed by atoms with Crippen molar-refractivity contribution in [2.45, 2.75) is 37.1 Å². The van der Waals surface area contributed by atoms with Gasteiger partial charge in [0.1, 0.15) is 0 Å². The van der Waals surface area contributed by atoms with Gasteiger partial charge in [-0.05, 0) is 24.1 Å². The van der Waals surface area contributed by atoms with Gasteiger partial charge in [0.15, 0.2) is 15.0 Å². The van der Waals surface area contributed by atoms with Crippen LogP contribution in [0.4, 0.5) is 0 Å². The first-order valence-corrected chi connectivity index (χ1v) is 11.5. The highest BCUT2D eigenvalue weighted by atomic mass is 35.5. The van der Waals surface area contributed by atoms with Gasteiger partial charge >= 0.3 is 5.97 Å². The Hall–Kier alpha value is -1.58. The molecular formula is C17H19ClN2O5S2. The van der Waals surface area contributed by atoms with Gasteiger partial charge in [-0.3, -0.25) is 9.59 Å². The fourth-order valence-electron chi connectivity index (χ4n) is 3.16. The van der Waals surface area contributed by atoms with Gasteiger partial charge in [0.25, 0.3) is 0 Å². The van der Waals surface area contributed by atoms with Crippen molar-refractivity contribution >= 4 is 50.2 Å². The molecular weight excluding hydrogens is 412 g/mol. The molecule has 2 fully saturated rings. The summed E-state index contributed by atoms with van der Waals surface area (Å²) >= 11 is 7.23. The van der Waals surface area contributed by atoms with Crippen molar-refractivity contribution in [1.82, 2.24) is 4.90 Å². The van der Waals surface area contributed by atoms with Gasteiger partial charge in [0, 0.05) is 29.7 Å². The molecule has 0 saturated carbocycles. The van der Waals surface area contributed by atoms with E-state index in [1.54, 1.807) is 12.1 Å². The molecule has 2 heterocycles. The van der Waals surface area contributed by atoms with Crippen molar-refractivity contribution in [3.8, 4) is 0 Å². The lowest BCUT2D eigenvalue weighted by Crippen LogP contribution is -2.37. The molecule has 2 atom stereocenters. The quantitative estimate of drug-likeness (QED) is 0.737. The highest BCUT2D eigenvalue weighted by Gasteiger charge is 2.48. The first-order chi connectivity index (χ1) is 12.7. The summed E-state index contributed by atoms with van der Waals surface area (Å²) in [6.45, 7) is 0.433. The Morgan fingerprint density at radius 1 is 1.22 bits per heavy atom. The summed E-state index contributed by atoms with van der Waals surface area (Å²) < 4.78 is 24.0. The average molecular weight is 431 g/mol. The monoisotopic (exact) mass is 430 g/mol. The predicted molar refractivity (Wildman–Crippen MR) is 105 cm³/mol. The molecule has 0 spiro atoms. The lowest BCUT2D eigenvalue weighted by Gasteiger charge is -2.24. The molecule has 1 amide bonds. The summed E-state index contributed by atoms with van der Waals surface area (Å²) in [5, 5.41) is 9.64. The summed E-state index contributed by atoms with van der Waals surface area (Å²) in [4.78, 5) is 28.7. The Kier molecular flexibility index (Phi) is 6.12. The second-order valence-electron chi connectivity index (χ2n) is 6.59. The van der Waals surface area contributed by atoms with Crippen LogP contribution < -0.4 is 0 Å². The Labute approximate surface area is 166 Å². The number of aliphatic carboxylic acids is 1. The van der Waals surface area contributed by atoms with E-state index in [2.05, 4.69) is 4.99 Å². The normalized spacial score (nSPS) is 24.9. The second-order valence-corrected chi connectivity index (χ2v) is 10.4. The number of hydrogen-bond donors (Lipinski definition) is 1. The summed E-state index contributed by atoms with van der Waals surface area (Å²) in [6.07, 6.45) is 0.203. The number of carbonyl (C=O) groups excluding carboxylic acids is 1. The lowest BCUT2D eigenvalue weighted by molar-refractivity contribution is -0.137. The van der Waals surface area contributed by atoms with Gasteiger partial charge in [0.05, 0.1) is 17.5 Å². The smallest absolute Gasteiger partial charge is 0.303 e. The van der Waals surface area contributed by atoms with Crippen molar-refractivity contribution in [1.29, 1.82) is 0 Å². The highest BCUT2D eigenvalue weighted by molar-refractivity contribution is 8.15. The summed E-state index contributed by atoms with van der Waals surface area (Å²) in [5.41, 5.74) is 0.941. The maximum Gasteiger partial charge on any atom is 0.303 e. The van der Waals surface area contributed by atoms with Crippen molar-refractivity contribution in [2.24, 2.45) is 4.99 Å². The SMILES string of the molecule is O=C(O)CCCC(=O)N=C1S[C@@H]2CS(=O)(=O)C[C@H]2N1Cc1ccc(Cl)cc1. The molecule has 3 rings (SSSR count). The summed E-state index contributed by atoms with van der Waals surface area (Å²) in [6, 6.07) is 7.01. The van der Waals surface area contributed by atoms with E-state index in [0.29, 0.717) is 16.7 Å². The maximum absolute atomic E-state index is 12.1. The first-order valence-electron chi connectivity index (χ1n) is 8.45. The summed E-state index contributed by atoms with van der Waals surface area (Å²) in [5.74, 6) is -1.21. The predicted octanol–water partition coefficient (Wildman–Crippen LogP) is 2.19. The largest absolute Gasteiger partial charge is 0.481 e. The van der Waals surface area contributed by atoms with Crippen LogP contribution >= 0.6 is 23.4 Å². The number of fused-ring (bicyclic) bond motifs is 1. The number of aliphatic imine (C=N–C) groups is 1. The van der Waals surface area contributed by atoms with Gasteiger partial charge in [-0.15, -0.1) is 0 Å². The third kappa shape index (κ3) is 5.24. The molecule has 2 aliphatic rings. The minimum atomic E-state index is -3.10. The van der Waals surface area contributed by atoms with E-state index >= 15 is 0 Å². The van der Waals surface area contributed by atoms with Gasteiger partial charge in [-0.25, -0.2) is 8.42 Å². The van der Waals surface area contributed by atoms with E-state index in [9.17, 15) is 18.0 Å². The minimum absolute atomic E-state index is 0.0461. The molecule has 0 bridgehead atoms. The van der Waals surface area contributed by atoms with Crippen LogP contribution in [-0.4, -0.2) is 58.3 Å². The minimum Gasteiger partial charge on any atom is -0.481 e. The number of halogens is 1. The Bertz CT molecular complexity index is 870. The number of carboxylic acid groups (broad SMARTS) is 1. The number of nitrogens with zero attached hydrogens (tertiary/aromatic N) is 2. The van der Waals surface area contributed by atoms with E-state index in [0.717, 1.165) is 5.56 Å². The van der Waals surface area contributed by atoms with Crippen molar-refractivity contribution in [3.63, 3.8) is 0 Å². The van der Waals surface area contributed by atoms with Crippen LogP contribution in [-0.2, 0) is 26.0 Å². The van der Waals surface area contributed by atoms with Crippen molar-refractivity contribution < 1.29 is 23.1 Å². The van der Waals surface area contributed by atoms with Crippen LogP contribution in [0.3, 0.4) is 0 Å².